The van der Waals surface area contributed by atoms with E-state index in [1.165, 1.54) is 11.3 Å². The standard InChI is InChI=1S/C11H17N3O2S/c1-2-5-8-13-14-10(17-8)12-9(15)11(16)6-3-4-7-11/h16H,2-7H2,1H3,(H,12,14,15). The molecule has 0 saturated heterocycles. The summed E-state index contributed by atoms with van der Waals surface area (Å²) in [5.41, 5.74) is -1.20. The summed E-state index contributed by atoms with van der Waals surface area (Å²) in [4.78, 5) is 11.9. The first-order valence-electron chi connectivity index (χ1n) is 6.00. The molecule has 0 atom stereocenters. The number of aryl methyl sites for hydroxylation is 1. The number of aromatic nitrogens is 2. The van der Waals surface area contributed by atoms with Crippen molar-refractivity contribution >= 4 is 22.4 Å². The summed E-state index contributed by atoms with van der Waals surface area (Å²) in [6.45, 7) is 2.07. The van der Waals surface area contributed by atoms with Crippen LogP contribution in [0.5, 0.6) is 0 Å². The third kappa shape index (κ3) is 2.81. The molecule has 0 aromatic carbocycles. The lowest BCUT2D eigenvalue weighted by Crippen LogP contribution is -2.40. The van der Waals surface area contributed by atoms with Gasteiger partial charge in [-0.15, -0.1) is 10.2 Å². The Morgan fingerprint density at radius 1 is 1.47 bits per heavy atom. The van der Waals surface area contributed by atoms with Crippen LogP contribution in [0.2, 0.25) is 0 Å². The van der Waals surface area contributed by atoms with E-state index in [1.807, 2.05) is 0 Å². The van der Waals surface area contributed by atoms with Crippen LogP contribution in [-0.2, 0) is 11.2 Å². The van der Waals surface area contributed by atoms with Gasteiger partial charge in [0.2, 0.25) is 5.13 Å². The zero-order valence-electron chi connectivity index (χ0n) is 9.90. The van der Waals surface area contributed by atoms with Crippen LogP contribution in [0.4, 0.5) is 5.13 Å². The molecule has 1 aliphatic rings. The van der Waals surface area contributed by atoms with Gasteiger partial charge in [-0.1, -0.05) is 18.3 Å². The molecule has 1 aliphatic carbocycles. The van der Waals surface area contributed by atoms with Crippen LogP contribution in [-0.4, -0.2) is 26.8 Å². The molecular formula is C11H17N3O2S. The molecule has 1 amide bonds. The molecule has 0 unspecified atom stereocenters. The predicted molar refractivity (Wildman–Crippen MR) is 66.0 cm³/mol. The van der Waals surface area contributed by atoms with E-state index in [1.54, 1.807) is 0 Å². The molecule has 1 aromatic rings. The van der Waals surface area contributed by atoms with Gasteiger partial charge in [0.15, 0.2) is 0 Å². The molecule has 0 spiro atoms. The molecule has 1 fully saturated rings. The molecule has 2 rings (SSSR count). The van der Waals surface area contributed by atoms with E-state index in [2.05, 4.69) is 22.4 Å². The van der Waals surface area contributed by atoms with Crippen LogP contribution in [0.15, 0.2) is 0 Å². The van der Waals surface area contributed by atoms with Gasteiger partial charge in [0.1, 0.15) is 10.6 Å². The number of aliphatic hydroxyl groups is 1. The van der Waals surface area contributed by atoms with Gasteiger partial charge in [0.05, 0.1) is 0 Å². The molecule has 1 heterocycles. The number of hydrogen-bond donors (Lipinski definition) is 2. The Hall–Kier alpha value is -1.01. The van der Waals surface area contributed by atoms with Crippen molar-refractivity contribution in [2.45, 2.75) is 51.0 Å². The predicted octanol–water partition coefficient (Wildman–Crippen LogP) is 1.73. The summed E-state index contributed by atoms with van der Waals surface area (Å²) in [6, 6.07) is 0. The van der Waals surface area contributed by atoms with E-state index < -0.39 is 5.60 Å². The highest BCUT2D eigenvalue weighted by Crippen LogP contribution is 2.31. The van der Waals surface area contributed by atoms with Crippen molar-refractivity contribution in [3.63, 3.8) is 0 Å². The third-order valence-electron chi connectivity index (χ3n) is 3.00. The Morgan fingerprint density at radius 3 is 2.82 bits per heavy atom. The van der Waals surface area contributed by atoms with Gasteiger partial charge < -0.3 is 5.11 Å². The fourth-order valence-electron chi connectivity index (χ4n) is 2.02. The van der Waals surface area contributed by atoms with Gasteiger partial charge in [-0.05, 0) is 32.1 Å². The van der Waals surface area contributed by atoms with Gasteiger partial charge in [-0.3, -0.25) is 10.1 Å². The van der Waals surface area contributed by atoms with E-state index in [0.717, 1.165) is 30.7 Å². The van der Waals surface area contributed by atoms with Crippen molar-refractivity contribution in [3.8, 4) is 0 Å². The maximum atomic E-state index is 11.9. The van der Waals surface area contributed by atoms with Crippen LogP contribution in [0.3, 0.4) is 0 Å². The van der Waals surface area contributed by atoms with Crippen LogP contribution in [0.25, 0.3) is 0 Å². The number of carbonyl (C=O) groups excluding carboxylic acids is 1. The molecule has 1 saturated carbocycles. The van der Waals surface area contributed by atoms with E-state index >= 15 is 0 Å². The smallest absolute Gasteiger partial charge is 0.258 e. The van der Waals surface area contributed by atoms with Crippen LogP contribution >= 0.6 is 11.3 Å². The van der Waals surface area contributed by atoms with Gasteiger partial charge in [0, 0.05) is 6.42 Å². The van der Waals surface area contributed by atoms with E-state index in [4.69, 9.17) is 0 Å². The SMILES string of the molecule is CCCc1nnc(NC(=O)C2(O)CCCC2)s1. The minimum absolute atomic E-state index is 0.339. The number of anilines is 1. The first-order valence-corrected chi connectivity index (χ1v) is 6.82. The maximum Gasteiger partial charge on any atom is 0.258 e. The molecule has 6 heteroatoms. The molecule has 5 nitrogen and oxygen atoms in total. The van der Waals surface area contributed by atoms with Crippen LogP contribution in [0, 0.1) is 0 Å². The van der Waals surface area contributed by atoms with Crippen molar-refractivity contribution in [3.05, 3.63) is 5.01 Å². The Kier molecular flexibility index (Phi) is 3.73. The van der Waals surface area contributed by atoms with Crippen molar-refractivity contribution in [1.29, 1.82) is 0 Å². The van der Waals surface area contributed by atoms with E-state index in [-0.39, 0.29) is 5.91 Å². The fraction of sp³-hybridized carbons (Fsp3) is 0.727. The molecule has 2 N–H and O–H groups in total. The van der Waals surface area contributed by atoms with E-state index in [9.17, 15) is 9.90 Å². The summed E-state index contributed by atoms with van der Waals surface area (Å²) in [5, 5.41) is 22.0. The average Bonchev–Trinajstić information content (AvgIpc) is 2.90. The number of nitrogens with one attached hydrogen (secondary N) is 1. The highest BCUT2D eigenvalue weighted by molar-refractivity contribution is 7.15. The molecular weight excluding hydrogens is 238 g/mol. The number of nitrogens with zero attached hydrogens (tertiary/aromatic N) is 2. The second-order valence-corrected chi connectivity index (χ2v) is 5.51. The van der Waals surface area contributed by atoms with Gasteiger partial charge in [-0.2, -0.15) is 0 Å². The van der Waals surface area contributed by atoms with Crippen molar-refractivity contribution < 1.29 is 9.90 Å². The molecule has 0 radical (unpaired) electrons. The monoisotopic (exact) mass is 255 g/mol. The van der Waals surface area contributed by atoms with Gasteiger partial charge in [0.25, 0.3) is 5.91 Å². The maximum absolute atomic E-state index is 11.9. The van der Waals surface area contributed by atoms with Crippen molar-refractivity contribution in [2.24, 2.45) is 0 Å². The summed E-state index contributed by atoms with van der Waals surface area (Å²) >= 11 is 1.38. The summed E-state index contributed by atoms with van der Waals surface area (Å²) in [5.74, 6) is -0.339. The van der Waals surface area contributed by atoms with Crippen LogP contribution < -0.4 is 5.32 Å². The lowest BCUT2D eigenvalue weighted by molar-refractivity contribution is -0.133. The number of amides is 1. The Labute approximate surface area is 104 Å². The molecule has 0 aliphatic heterocycles. The summed E-state index contributed by atoms with van der Waals surface area (Å²) < 4.78 is 0. The van der Waals surface area contributed by atoms with E-state index in [0.29, 0.717) is 18.0 Å². The quantitative estimate of drug-likeness (QED) is 0.859. The molecule has 1 aromatic heterocycles. The topological polar surface area (TPSA) is 75.1 Å². The number of carbonyl (C=O) groups is 1. The summed E-state index contributed by atoms with van der Waals surface area (Å²) in [7, 11) is 0. The number of hydrogen-bond acceptors (Lipinski definition) is 5. The Morgan fingerprint density at radius 2 is 2.18 bits per heavy atom. The lowest BCUT2D eigenvalue weighted by atomic mass is 10.0. The molecule has 17 heavy (non-hydrogen) atoms. The third-order valence-corrected chi connectivity index (χ3v) is 3.90. The Bertz CT molecular complexity index is 399. The lowest BCUT2D eigenvalue weighted by Gasteiger charge is -2.19. The highest BCUT2D eigenvalue weighted by Gasteiger charge is 2.39. The zero-order valence-corrected chi connectivity index (χ0v) is 10.7. The van der Waals surface area contributed by atoms with Gasteiger partial charge in [-0.25, -0.2) is 0 Å². The summed E-state index contributed by atoms with van der Waals surface area (Å²) in [6.07, 6.45) is 4.77. The normalized spacial score (nSPS) is 18.2. The highest BCUT2D eigenvalue weighted by atomic mass is 32.1. The second kappa shape index (κ2) is 5.10. The molecule has 94 valence electrons. The van der Waals surface area contributed by atoms with Crippen molar-refractivity contribution in [1.82, 2.24) is 10.2 Å². The molecule has 0 bridgehead atoms. The largest absolute Gasteiger partial charge is 0.380 e. The zero-order chi connectivity index (χ0) is 12.3. The minimum Gasteiger partial charge on any atom is -0.380 e. The van der Waals surface area contributed by atoms with Crippen LogP contribution in [0.1, 0.15) is 44.0 Å². The number of rotatable bonds is 4. The first-order chi connectivity index (χ1) is 8.14. The second-order valence-electron chi connectivity index (χ2n) is 4.44. The Balaban J connectivity index is 1.97. The van der Waals surface area contributed by atoms with Crippen molar-refractivity contribution in [2.75, 3.05) is 5.32 Å². The first kappa shape index (κ1) is 12.4. The van der Waals surface area contributed by atoms with Gasteiger partial charge >= 0.3 is 0 Å². The fourth-order valence-corrected chi connectivity index (χ4v) is 2.86. The minimum atomic E-state index is -1.20. The average molecular weight is 255 g/mol.